The Labute approximate surface area is 135 Å². The molecule has 1 heterocycles. The van der Waals surface area contributed by atoms with Gasteiger partial charge in [-0.3, -0.25) is 4.79 Å². The lowest BCUT2D eigenvalue weighted by atomic mass is 9.80. The average Bonchev–Trinajstić information content (AvgIpc) is 2.48. The second-order valence-electron chi connectivity index (χ2n) is 5.83. The molecular weight excluding hydrogens is 309 g/mol. The van der Waals surface area contributed by atoms with Gasteiger partial charge in [0, 0.05) is 12.1 Å². The third-order valence-electron chi connectivity index (χ3n) is 4.34. The Morgan fingerprint density at radius 1 is 1.29 bits per heavy atom. The van der Waals surface area contributed by atoms with E-state index in [1.54, 1.807) is 12.1 Å². The molecule has 0 saturated heterocycles. The molecule has 1 aromatic heterocycles. The Kier molecular flexibility index (Phi) is 5.47. The van der Waals surface area contributed by atoms with Gasteiger partial charge >= 0.3 is 0 Å². The minimum Gasteiger partial charge on any atom is -0.349 e. The van der Waals surface area contributed by atoms with Crippen LogP contribution in [0, 0.1) is 0 Å². The molecule has 0 spiro atoms. The summed E-state index contributed by atoms with van der Waals surface area (Å²) in [4.78, 5) is 18.5. The molecule has 0 bridgehead atoms. The molecule has 1 aliphatic rings. The van der Waals surface area contributed by atoms with E-state index < -0.39 is 0 Å². The Morgan fingerprint density at radius 2 is 1.95 bits per heavy atom. The van der Waals surface area contributed by atoms with Crippen LogP contribution in [-0.4, -0.2) is 42.0 Å². The summed E-state index contributed by atoms with van der Waals surface area (Å²) < 4.78 is 0. The highest BCUT2D eigenvalue weighted by Crippen LogP contribution is 2.31. The van der Waals surface area contributed by atoms with Gasteiger partial charge in [0.15, 0.2) is 0 Å². The van der Waals surface area contributed by atoms with Crippen molar-refractivity contribution in [2.24, 2.45) is 0 Å². The first-order valence-electron chi connectivity index (χ1n) is 7.22. The van der Waals surface area contributed by atoms with Crippen LogP contribution >= 0.6 is 23.2 Å². The smallest absolute Gasteiger partial charge is 0.271 e. The maximum Gasteiger partial charge on any atom is 0.271 e. The third-order valence-corrected chi connectivity index (χ3v) is 4.85. The zero-order valence-corrected chi connectivity index (χ0v) is 14.0. The molecule has 1 N–H and O–H groups in total. The number of amides is 1. The second-order valence-corrected chi connectivity index (χ2v) is 6.62. The average molecular weight is 330 g/mol. The second kappa shape index (κ2) is 6.95. The molecule has 1 aromatic rings. The van der Waals surface area contributed by atoms with Crippen LogP contribution in [0.25, 0.3) is 0 Å². The predicted molar refractivity (Wildman–Crippen MR) is 86.1 cm³/mol. The van der Waals surface area contributed by atoms with Gasteiger partial charge in [-0.25, -0.2) is 4.98 Å². The lowest BCUT2D eigenvalue weighted by molar-refractivity contribution is 0.0796. The van der Waals surface area contributed by atoms with Gasteiger partial charge in [0.05, 0.1) is 5.02 Å². The molecule has 1 fully saturated rings. The highest BCUT2D eigenvalue weighted by molar-refractivity contribution is 6.34. The monoisotopic (exact) mass is 329 g/mol. The number of hydrogen-bond acceptors (Lipinski definition) is 3. The normalized spacial score (nSPS) is 17.8. The number of pyridine rings is 1. The molecule has 1 saturated carbocycles. The molecule has 1 aliphatic carbocycles. The third kappa shape index (κ3) is 3.87. The van der Waals surface area contributed by atoms with E-state index >= 15 is 0 Å². The van der Waals surface area contributed by atoms with Gasteiger partial charge in [0.25, 0.3) is 5.91 Å². The summed E-state index contributed by atoms with van der Waals surface area (Å²) in [6.45, 7) is 0.601. The Hall–Kier alpha value is -0.840. The van der Waals surface area contributed by atoms with Gasteiger partial charge in [0.1, 0.15) is 10.8 Å². The van der Waals surface area contributed by atoms with E-state index in [1.807, 2.05) is 0 Å². The summed E-state index contributed by atoms with van der Waals surface area (Å²) in [5.41, 5.74) is 0.216. The van der Waals surface area contributed by atoms with Gasteiger partial charge in [-0.1, -0.05) is 42.5 Å². The van der Waals surface area contributed by atoms with E-state index in [2.05, 4.69) is 29.3 Å². The minimum atomic E-state index is -0.269. The zero-order chi connectivity index (χ0) is 15.5. The molecular formula is C15H21Cl2N3O. The summed E-state index contributed by atoms with van der Waals surface area (Å²) in [5, 5.41) is 3.56. The molecule has 0 unspecified atom stereocenters. The number of aromatic nitrogens is 1. The minimum absolute atomic E-state index is 0.0267. The van der Waals surface area contributed by atoms with Gasteiger partial charge in [-0.15, -0.1) is 0 Å². The van der Waals surface area contributed by atoms with Crippen molar-refractivity contribution in [2.45, 2.75) is 37.6 Å². The molecule has 0 aliphatic heterocycles. The van der Waals surface area contributed by atoms with Crippen molar-refractivity contribution in [2.75, 3.05) is 20.6 Å². The molecule has 6 heteroatoms. The molecule has 2 rings (SSSR count). The van der Waals surface area contributed by atoms with E-state index in [-0.39, 0.29) is 22.3 Å². The largest absolute Gasteiger partial charge is 0.349 e. The number of carbonyl (C=O) groups is 1. The van der Waals surface area contributed by atoms with Crippen molar-refractivity contribution < 1.29 is 4.79 Å². The molecule has 0 aromatic carbocycles. The van der Waals surface area contributed by atoms with Crippen LogP contribution in [0.4, 0.5) is 0 Å². The van der Waals surface area contributed by atoms with Crippen LogP contribution in [0.3, 0.4) is 0 Å². The van der Waals surface area contributed by atoms with Gasteiger partial charge in [-0.05, 0) is 39.1 Å². The molecule has 0 radical (unpaired) electrons. The fraction of sp³-hybridized carbons (Fsp3) is 0.600. The highest BCUT2D eigenvalue weighted by Gasteiger charge is 2.34. The molecule has 0 atom stereocenters. The predicted octanol–water partition coefficient (Wildman–Crippen LogP) is 3.38. The number of nitrogens with zero attached hydrogens (tertiary/aromatic N) is 2. The van der Waals surface area contributed by atoms with E-state index in [0.29, 0.717) is 11.6 Å². The molecule has 21 heavy (non-hydrogen) atoms. The van der Waals surface area contributed by atoms with Crippen molar-refractivity contribution in [1.82, 2.24) is 15.2 Å². The standard InChI is InChI=1S/C15H21Cl2N3O/c1-20(2)15(8-4-3-5-9-15)10-18-14(21)13-11(16)6-7-12(17)19-13/h6-7H,3-5,8-10H2,1-2H3,(H,18,21). The maximum atomic E-state index is 12.3. The van der Waals surface area contributed by atoms with Crippen LogP contribution in [0.1, 0.15) is 42.6 Å². The van der Waals surface area contributed by atoms with Crippen molar-refractivity contribution in [3.05, 3.63) is 28.0 Å². The van der Waals surface area contributed by atoms with E-state index in [1.165, 1.54) is 19.3 Å². The summed E-state index contributed by atoms with van der Waals surface area (Å²) in [5.74, 6) is -0.269. The number of rotatable bonds is 4. The quantitative estimate of drug-likeness (QED) is 0.861. The zero-order valence-electron chi connectivity index (χ0n) is 12.5. The highest BCUT2D eigenvalue weighted by atomic mass is 35.5. The summed E-state index contributed by atoms with van der Waals surface area (Å²) in [6.07, 6.45) is 5.85. The Balaban J connectivity index is 2.07. The van der Waals surface area contributed by atoms with Crippen molar-refractivity contribution >= 4 is 29.1 Å². The molecule has 4 nitrogen and oxygen atoms in total. The van der Waals surface area contributed by atoms with Crippen LogP contribution in [-0.2, 0) is 0 Å². The van der Waals surface area contributed by atoms with Crippen molar-refractivity contribution in [1.29, 1.82) is 0 Å². The van der Waals surface area contributed by atoms with Crippen molar-refractivity contribution in [3.8, 4) is 0 Å². The van der Waals surface area contributed by atoms with Gasteiger partial charge < -0.3 is 10.2 Å². The van der Waals surface area contributed by atoms with Crippen LogP contribution < -0.4 is 5.32 Å². The van der Waals surface area contributed by atoms with Crippen molar-refractivity contribution in [3.63, 3.8) is 0 Å². The van der Waals surface area contributed by atoms with Gasteiger partial charge in [-0.2, -0.15) is 0 Å². The number of carbonyl (C=O) groups excluding carboxylic acids is 1. The van der Waals surface area contributed by atoms with E-state index in [9.17, 15) is 4.79 Å². The fourth-order valence-electron chi connectivity index (χ4n) is 2.90. The fourth-order valence-corrected chi connectivity index (χ4v) is 3.24. The first-order chi connectivity index (χ1) is 9.94. The summed E-state index contributed by atoms with van der Waals surface area (Å²) >= 11 is 11.8. The number of nitrogens with one attached hydrogen (secondary N) is 1. The summed E-state index contributed by atoms with van der Waals surface area (Å²) in [7, 11) is 4.14. The SMILES string of the molecule is CN(C)C1(CNC(=O)c2nc(Cl)ccc2Cl)CCCCC1. The maximum absolute atomic E-state index is 12.3. The van der Waals surface area contributed by atoms with Crippen LogP contribution in [0.2, 0.25) is 10.2 Å². The van der Waals surface area contributed by atoms with Gasteiger partial charge in [0.2, 0.25) is 0 Å². The Morgan fingerprint density at radius 3 is 2.57 bits per heavy atom. The lowest BCUT2D eigenvalue weighted by Crippen LogP contribution is -2.53. The molecule has 1 amide bonds. The first-order valence-corrected chi connectivity index (χ1v) is 7.98. The van der Waals surface area contributed by atoms with E-state index in [0.717, 1.165) is 12.8 Å². The van der Waals surface area contributed by atoms with E-state index in [4.69, 9.17) is 23.2 Å². The topological polar surface area (TPSA) is 45.2 Å². The summed E-state index contributed by atoms with van der Waals surface area (Å²) in [6, 6.07) is 3.16. The Bertz CT molecular complexity index is 514. The number of likely N-dealkylation sites (N-methyl/N-ethyl adjacent to an activating group) is 1. The molecule has 116 valence electrons. The number of hydrogen-bond donors (Lipinski definition) is 1. The lowest BCUT2D eigenvalue weighted by Gasteiger charge is -2.43. The van der Waals surface area contributed by atoms with Crippen LogP contribution in [0.15, 0.2) is 12.1 Å². The van der Waals surface area contributed by atoms with Crippen LogP contribution in [0.5, 0.6) is 0 Å². The number of halogens is 2. The first kappa shape index (κ1) is 16.5.